The van der Waals surface area contributed by atoms with Crippen LogP contribution in [0.25, 0.3) is 0 Å². The molecule has 0 saturated carbocycles. The standard InChI is InChI=1S/C16H25N3OS/c1-3-6-17-15-12-13(11-14(4-2)18-15)16(20)19-7-5-9-21-10-8-19/h11-12H,3-10H2,1-2H3,(H,17,18). The van der Waals surface area contributed by atoms with Crippen molar-refractivity contribution in [1.29, 1.82) is 0 Å². The molecule has 1 fully saturated rings. The number of nitrogens with one attached hydrogen (secondary N) is 1. The van der Waals surface area contributed by atoms with Crippen LogP contribution in [-0.4, -0.2) is 46.9 Å². The monoisotopic (exact) mass is 307 g/mol. The van der Waals surface area contributed by atoms with E-state index in [4.69, 9.17) is 0 Å². The smallest absolute Gasteiger partial charge is 0.254 e. The van der Waals surface area contributed by atoms with E-state index in [2.05, 4.69) is 24.1 Å². The van der Waals surface area contributed by atoms with Crippen molar-refractivity contribution in [3.8, 4) is 0 Å². The van der Waals surface area contributed by atoms with Crippen LogP contribution in [0, 0.1) is 0 Å². The summed E-state index contributed by atoms with van der Waals surface area (Å²) in [6.45, 7) is 6.80. The predicted molar refractivity (Wildman–Crippen MR) is 90.2 cm³/mol. The van der Waals surface area contributed by atoms with E-state index in [0.717, 1.165) is 67.5 Å². The van der Waals surface area contributed by atoms with Gasteiger partial charge in [0, 0.05) is 36.6 Å². The van der Waals surface area contributed by atoms with Gasteiger partial charge in [0.2, 0.25) is 0 Å². The number of pyridine rings is 1. The van der Waals surface area contributed by atoms with E-state index in [1.165, 1.54) is 0 Å². The van der Waals surface area contributed by atoms with Crippen molar-refractivity contribution >= 4 is 23.5 Å². The normalized spacial score (nSPS) is 15.6. The van der Waals surface area contributed by atoms with E-state index in [1.807, 2.05) is 28.8 Å². The van der Waals surface area contributed by atoms with Crippen molar-refractivity contribution in [2.24, 2.45) is 0 Å². The second kappa shape index (κ2) is 8.27. The molecule has 0 bridgehead atoms. The van der Waals surface area contributed by atoms with Crippen LogP contribution in [0.2, 0.25) is 0 Å². The van der Waals surface area contributed by atoms with E-state index in [-0.39, 0.29) is 5.91 Å². The first kappa shape index (κ1) is 16.1. The lowest BCUT2D eigenvalue weighted by Gasteiger charge is -2.20. The lowest BCUT2D eigenvalue weighted by atomic mass is 10.1. The van der Waals surface area contributed by atoms with Crippen molar-refractivity contribution < 1.29 is 4.79 Å². The third kappa shape index (κ3) is 4.63. The molecular weight excluding hydrogens is 282 g/mol. The van der Waals surface area contributed by atoms with Gasteiger partial charge in [-0.25, -0.2) is 4.98 Å². The molecule has 0 aromatic carbocycles. The third-order valence-electron chi connectivity index (χ3n) is 3.55. The molecule has 0 atom stereocenters. The highest BCUT2D eigenvalue weighted by Gasteiger charge is 2.18. The molecule has 1 aromatic rings. The van der Waals surface area contributed by atoms with Crippen molar-refractivity contribution in [1.82, 2.24) is 9.88 Å². The minimum atomic E-state index is 0.147. The van der Waals surface area contributed by atoms with Gasteiger partial charge in [0.1, 0.15) is 5.82 Å². The number of thioether (sulfide) groups is 1. The number of carbonyl (C=O) groups excluding carboxylic acids is 1. The van der Waals surface area contributed by atoms with Crippen LogP contribution in [0.5, 0.6) is 0 Å². The number of nitrogens with zero attached hydrogens (tertiary/aromatic N) is 2. The zero-order chi connectivity index (χ0) is 15.1. The summed E-state index contributed by atoms with van der Waals surface area (Å²) in [4.78, 5) is 19.2. The molecule has 0 radical (unpaired) electrons. The zero-order valence-corrected chi connectivity index (χ0v) is 13.8. The molecule has 1 saturated heterocycles. The molecule has 4 nitrogen and oxygen atoms in total. The fraction of sp³-hybridized carbons (Fsp3) is 0.625. The highest BCUT2D eigenvalue weighted by molar-refractivity contribution is 7.99. The molecular formula is C16H25N3OS. The summed E-state index contributed by atoms with van der Waals surface area (Å²) in [6, 6.07) is 3.84. The van der Waals surface area contributed by atoms with Gasteiger partial charge >= 0.3 is 0 Å². The van der Waals surface area contributed by atoms with Crippen molar-refractivity contribution in [2.75, 3.05) is 36.5 Å². The van der Waals surface area contributed by atoms with Gasteiger partial charge in [0.05, 0.1) is 0 Å². The average molecular weight is 307 g/mol. The SMILES string of the molecule is CCCNc1cc(C(=O)N2CCCSCC2)cc(CC)n1. The first-order chi connectivity index (χ1) is 10.2. The minimum Gasteiger partial charge on any atom is -0.370 e. The van der Waals surface area contributed by atoms with Crippen LogP contribution in [0.15, 0.2) is 12.1 Å². The van der Waals surface area contributed by atoms with Gasteiger partial charge in [-0.05, 0) is 37.1 Å². The Bertz CT molecular complexity index is 471. The first-order valence-electron chi connectivity index (χ1n) is 7.86. The number of hydrogen-bond donors (Lipinski definition) is 1. The molecule has 0 unspecified atom stereocenters. The van der Waals surface area contributed by atoms with Gasteiger partial charge in [-0.1, -0.05) is 13.8 Å². The Morgan fingerprint density at radius 2 is 2.19 bits per heavy atom. The number of aryl methyl sites for hydroxylation is 1. The fourth-order valence-electron chi connectivity index (χ4n) is 2.37. The molecule has 1 N–H and O–H groups in total. The summed E-state index contributed by atoms with van der Waals surface area (Å²) in [7, 11) is 0. The lowest BCUT2D eigenvalue weighted by molar-refractivity contribution is 0.0768. The van der Waals surface area contributed by atoms with Gasteiger partial charge in [0.25, 0.3) is 5.91 Å². The summed E-state index contributed by atoms with van der Waals surface area (Å²) in [6.07, 6.45) is 2.98. The second-order valence-electron chi connectivity index (χ2n) is 5.27. The van der Waals surface area contributed by atoms with Crippen LogP contribution in [0.1, 0.15) is 42.7 Å². The predicted octanol–water partition coefficient (Wildman–Crippen LogP) is 3.05. The van der Waals surface area contributed by atoms with Crippen molar-refractivity contribution in [3.05, 3.63) is 23.4 Å². The Morgan fingerprint density at radius 1 is 1.33 bits per heavy atom. The Hall–Kier alpha value is -1.23. The third-order valence-corrected chi connectivity index (χ3v) is 4.60. The summed E-state index contributed by atoms with van der Waals surface area (Å²) in [5, 5.41) is 3.29. The fourth-order valence-corrected chi connectivity index (χ4v) is 3.25. The molecule has 2 heterocycles. The molecule has 1 aliphatic rings. The maximum absolute atomic E-state index is 12.7. The van der Waals surface area contributed by atoms with Crippen LogP contribution in [0.4, 0.5) is 5.82 Å². The maximum atomic E-state index is 12.7. The molecule has 0 aliphatic carbocycles. The molecule has 21 heavy (non-hydrogen) atoms. The molecule has 1 aliphatic heterocycles. The number of rotatable bonds is 5. The summed E-state index contributed by atoms with van der Waals surface area (Å²) in [5.41, 5.74) is 1.75. The summed E-state index contributed by atoms with van der Waals surface area (Å²) >= 11 is 1.94. The summed E-state index contributed by atoms with van der Waals surface area (Å²) in [5.74, 6) is 3.17. The highest BCUT2D eigenvalue weighted by Crippen LogP contribution is 2.17. The molecule has 5 heteroatoms. The molecule has 1 aromatic heterocycles. The van der Waals surface area contributed by atoms with Crippen LogP contribution < -0.4 is 5.32 Å². The van der Waals surface area contributed by atoms with Gasteiger partial charge in [-0.3, -0.25) is 4.79 Å². The van der Waals surface area contributed by atoms with E-state index < -0.39 is 0 Å². The molecule has 1 amide bonds. The van der Waals surface area contributed by atoms with Gasteiger partial charge < -0.3 is 10.2 Å². The van der Waals surface area contributed by atoms with Gasteiger partial charge in [0.15, 0.2) is 0 Å². The molecule has 116 valence electrons. The average Bonchev–Trinajstić information content (AvgIpc) is 2.81. The zero-order valence-electron chi connectivity index (χ0n) is 13.0. The van der Waals surface area contributed by atoms with Crippen LogP contribution in [0.3, 0.4) is 0 Å². The van der Waals surface area contributed by atoms with E-state index in [9.17, 15) is 4.79 Å². The van der Waals surface area contributed by atoms with E-state index in [1.54, 1.807) is 0 Å². The first-order valence-corrected chi connectivity index (χ1v) is 9.02. The number of amides is 1. The lowest BCUT2D eigenvalue weighted by Crippen LogP contribution is -2.33. The van der Waals surface area contributed by atoms with Crippen molar-refractivity contribution in [3.63, 3.8) is 0 Å². The van der Waals surface area contributed by atoms with Gasteiger partial charge in [-0.2, -0.15) is 11.8 Å². The quantitative estimate of drug-likeness (QED) is 0.908. The Kier molecular flexibility index (Phi) is 6.36. The minimum absolute atomic E-state index is 0.147. The van der Waals surface area contributed by atoms with Crippen molar-refractivity contribution in [2.45, 2.75) is 33.1 Å². The Balaban J connectivity index is 2.17. The topological polar surface area (TPSA) is 45.2 Å². The number of carbonyl (C=O) groups is 1. The van der Waals surface area contributed by atoms with E-state index >= 15 is 0 Å². The van der Waals surface area contributed by atoms with Gasteiger partial charge in [-0.15, -0.1) is 0 Å². The Morgan fingerprint density at radius 3 is 2.95 bits per heavy atom. The number of aromatic nitrogens is 1. The molecule has 2 rings (SSSR count). The number of hydrogen-bond acceptors (Lipinski definition) is 4. The van der Waals surface area contributed by atoms with Crippen LogP contribution >= 0.6 is 11.8 Å². The summed E-state index contributed by atoms with van der Waals surface area (Å²) < 4.78 is 0. The highest BCUT2D eigenvalue weighted by atomic mass is 32.2. The van der Waals surface area contributed by atoms with E-state index in [0.29, 0.717) is 0 Å². The maximum Gasteiger partial charge on any atom is 0.254 e. The largest absolute Gasteiger partial charge is 0.370 e. The Labute approximate surface area is 131 Å². The second-order valence-corrected chi connectivity index (χ2v) is 6.50. The number of anilines is 1. The molecule has 0 spiro atoms. The van der Waals surface area contributed by atoms with Crippen LogP contribution in [-0.2, 0) is 6.42 Å².